The Morgan fingerprint density at radius 2 is 1.96 bits per heavy atom. The van der Waals surface area contributed by atoms with Crippen molar-refractivity contribution in [1.29, 1.82) is 0 Å². The number of nitrogens with one attached hydrogen (secondary N) is 2. The SMILES string of the molecule is CCc1cc(O)c(F)cc1-c1nc(NCc2ccccc2)c2cn[nH]c2n1. The van der Waals surface area contributed by atoms with E-state index in [1.807, 2.05) is 37.3 Å². The van der Waals surface area contributed by atoms with Crippen molar-refractivity contribution in [2.45, 2.75) is 19.9 Å². The van der Waals surface area contributed by atoms with Gasteiger partial charge in [-0.3, -0.25) is 5.10 Å². The topological polar surface area (TPSA) is 86.7 Å². The molecule has 0 aliphatic heterocycles. The molecule has 0 aliphatic rings. The van der Waals surface area contributed by atoms with Crippen molar-refractivity contribution >= 4 is 16.9 Å². The van der Waals surface area contributed by atoms with Crippen LogP contribution in [0.1, 0.15) is 18.1 Å². The van der Waals surface area contributed by atoms with Crippen LogP contribution in [0.2, 0.25) is 0 Å². The fourth-order valence-corrected chi connectivity index (χ4v) is 2.98. The van der Waals surface area contributed by atoms with Gasteiger partial charge in [0.1, 0.15) is 5.82 Å². The number of aromatic hydroxyl groups is 1. The zero-order valence-corrected chi connectivity index (χ0v) is 14.7. The molecule has 0 unspecified atom stereocenters. The van der Waals surface area contributed by atoms with Crippen LogP contribution in [0.15, 0.2) is 48.7 Å². The molecule has 0 amide bonds. The van der Waals surface area contributed by atoms with Gasteiger partial charge in [-0.2, -0.15) is 5.10 Å². The summed E-state index contributed by atoms with van der Waals surface area (Å²) in [5.74, 6) is -0.0869. The molecule has 0 atom stereocenters. The van der Waals surface area contributed by atoms with Crippen LogP contribution in [0.5, 0.6) is 5.75 Å². The lowest BCUT2D eigenvalue weighted by atomic mass is 10.0. The molecule has 2 aromatic heterocycles. The van der Waals surface area contributed by atoms with E-state index < -0.39 is 5.82 Å². The third kappa shape index (κ3) is 3.31. The van der Waals surface area contributed by atoms with E-state index in [9.17, 15) is 9.50 Å². The van der Waals surface area contributed by atoms with Gasteiger partial charge in [0, 0.05) is 12.1 Å². The maximum absolute atomic E-state index is 14.0. The molecule has 4 aromatic rings. The third-order valence-corrected chi connectivity index (χ3v) is 4.41. The van der Waals surface area contributed by atoms with E-state index in [0.717, 1.165) is 16.5 Å². The number of aromatic nitrogens is 4. The van der Waals surface area contributed by atoms with Crippen molar-refractivity contribution in [3.05, 3.63) is 65.6 Å². The largest absolute Gasteiger partial charge is 0.505 e. The molecule has 0 bridgehead atoms. The number of anilines is 1. The molecule has 4 rings (SSSR count). The summed E-state index contributed by atoms with van der Waals surface area (Å²) in [5.41, 5.74) is 2.99. The highest BCUT2D eigenvalue weighted by Crippen LogP contribution is 2.30. The Balaban J connectivity index is 1.78. The van der Waals surface area contributed by atoms with Crippen molar-refractivity contribution in [2.24, 2.45) is 0 Å². The number of nitrogens with zero attached hydrogens (tertiary/aromatic N) is 3. The van der Waals surface area contributed by atoms with Crippen LogP contribution in [0.25, 0.3) is 22.4 Å². The summed E-state index contributed by atoms with van der Waals surface area (Å²) in [7, 11) is 0. The maximum atomic E-state index is 14.0. The first kappa shape index (κ1) is 17.0. The van der Waals surface area contributed by atoms with E-state index in [2.05, 4.69) is 25.5 Å². The van der Waals surface area contributed by atoms with E-state index in [1.165, 1.54) is 12.1 Å². The van der Waals surface area contributed by atoms with Gasteiger partial charge in [0.15, 0.2) is 23.0 Å². The van der Waals surface area contributed by atoms with Crippen LogP contribution in [0.4, 0.5) is 10.2 Å². The average molecular weight is 363 g/mol. The fraction of sp³-hybridized carbons (Fsp3) is 0.150. The number of H-pyrrole nitrogens is 1. The van der Waals surface area contributed by atoms with Crippen molar-refractivity contribution in [1.82, 2.24) is 20.2 Å². The average Bonchev–Trinajstić information content (AvgIpc) is 3.17. The lowest BCUT2D eigenvalue weighted by Crippen LogP contribution is -2.04. The summed E-state index contributed by atoms with van der Waals surface area (Å²) < 4.78 is 14.0. The van der Waals surface area contributed by atoms with Crippen LogP contribution >= 0.6 is 0 Å². The van der Waals surface area contributed by atoms with E-state index in [1.54, 1.807) is 6.20 Å². The van der Waals surface area contributed by atoms with Gasteiger partial charge in [-0.25, -0.2) is 14.4 Å². The van der Waals surface area contributed by atoms with Crippen molar-refractivity contribution in [2.75, 3.05) is 5.32 Å². The molecule has 0 spiro atoms. The highest BCUT2D eigenvalue weighted by atomic mass is 19.1. The predicted molar refractivity (Wildman–Crippen MR) is 102 cm³/mol. The normalized spacial score (nSPS) is 11.0. The van der Waals surface area contributed by atoms with Crippen LogP contribution < -0.4 is 5.32 Å². The van der Waals surface area contributed by atoms with Gasteiger partial charge in [0.2, 0.25) is 0 Å². The number of rotatable bonds is 5. The zero-order chi connectivity index (χ0) is 18.8. The third-order valence-electron chi connectivity index (χ3n) is 4.41. The lowest BCUT2D eigenvalue weighted by Gasteiger charge is -2.11. The first-order valence-electron chi connectivity index (χ1n) is 8.66. The minimum atomic E-state index is -0.700. The Hall–Kier alpha value is -3.48. The van der Waals surface area contributed by atoms with E-state index in [0.29, 0.717) is 35.8 Å². The summed E-state index contributed by atoms with van der Waals surface area (Å²) >= 11 is 0. The Labute approximate surface area is 155 Å². The van der Waals surface area contributed by atoms with Crippen molar-refractivity contribution in [3.8, 4) is 17.1 Å². The maximum Gasteiger partial charge on any atom is 0.165 e. The molecule has 2 heterocycles. The lowest BCUT2D eigenvalue weighted by molar-refractivity contribution is 0.432. The first-order chi connectivity index (χ1) is 13.2. The van der Waals surface area contributed by atoms with Gasteiger partial charge < -0.3 is 10.4 Å². The zero-order valence-electron chi connectivity index (χ0n) is 14.7. The number of aryl methyl sites for hydroxylation is 1. The summed E-state index contributed by atoms with van der Waals surface area (Å²) in [6, 6.07) is 12.6. The van der Waals surface area contributed by atoms with Crippen LogP contribution in [-0.4, -0.2) is 25.3 Å². The molecular weight excluding hydrogens is 345 g/mol. The quantitative estimate of drug-likeness (QED) is 0.498. The smallest absolute Gasteiger partial charge is 0.165 e. The molecule has 7 heteroatoms. The number of phenols is 1. The number of aromatic amines is 1. The second-order valence-corrected chi connectivity index (χ2v) is 6.18. The molecule has 0 saturated carbocycles. The van der Waals surface area contributed by atoms with E-state index in [-0.39, 0.29) is 5.75 Å². The highest BCUT2D eigenvalue weighted by molar-refractivity contribution is 5.87. The summed E-state index contributed by atoms with van der Waals surface area (Å²) in [4.78, 5) is 9.09. The van der Waals surface area contributed by atoms with Crippen LogP contribution in [-0.2, 0) is 13.0 Å². The summed E-state index contributed by atoms with van der Waals surface area (Å²) in [5, 5.41) is 20.6. The molecule has 0 saturated heterocycles. The fourth-order valence-electron chi connectivity index (χ4n) is 2.98. The highest BCUT2D eigenvalue weighted by Gasteiger charge is 2.16. The Morgan fingerprint density at radius 1 is 1.15 bits per heavy atom. The van der Waals surface area contributed by atoms with Crippen molar-refractivity contribution in [3.63, 3.8) is 0 Å². The summed E-state index contributed by atoms with van der Waals surface area (Å²) in [6.45, 7) is 2.52. The number of fused-ring (bicyclic) bond motifs is 1. The number of hydrogen-bond donors (Lipinski definition) is 3. The van der Waals surface area contributed by atoms with Gasteiger partial charge >= 0.3 is 0 Å². The Morgan fingerprint density at radius 3 is 2.74 bits per heavy atom. The second kappa shape index (κ2) is 7.03. The van der Waals surface area contributed by atoms with E-state index >= 15 is 0 Å². The van der Waals surface area contributed by atoms with Gasteiger partial charge in [0.25, 0.3) is 0 Å². The number of phenolic OH excluding ortho intramolecular Hbond substituents is 1. The Bertz CT molecular complexity index is 1090. The predicted octanol–water partition coefficient (Wildman–Crippen LogP) is 4.04. The van der Waals surface area contributed by atoms with Crippen LogP contribution in [0, 0.1) is 5.82 Å². The van der Waals surface area contributed by atoms with Gasteiger partial charge in [-0.15, -0.1) is 0 Å². The number of benzene rings is 2. The molecule has 0 aliphatic carbocycles. The molecule has 136 valence electrons. The first-order valence-corrected chi connectivity index (χ1v) is 8.66. The monoisotopic (exact) mass is 363 g/mol. The molecule has 6 nitrogen and oxygen atoms in total. The Kier molecular flexibility index (Phi) is 4.42. The van der Waals surface area contributed by atoms with Crippen molar-refractivity contribution < 1.29 is 9.50 Å². The van der Waals surface area contributed by atoms with Gasteiger partial charge in [-0.05, 0) is 29.7 Å². The van der Waals surface area contributed by atoms with Gasteiger partial charge in [-0.1, -0.05) is 37.3 Å². The van der Waals surface area contributed by atoms with Crippen LogP contribution in [0.3, 0.4) is 0 Å². The number of halogens is 1. The molecule has 27 heavy (non-hydrogen) atoms. The molecule has 3 N–H and O–H groups in total. The summed E-state index contributed by atoms with van der Waals surface area (Å²) in [6.07, 6.45) is 2.27. The second-order valence-electron chi connectivity index (χ2n) is 6.18. The van der Waals surface area contributed by atoms with Gasteiger partial charge in [0.05, 0.1) is 11.6 Å². The van der Waals surface area contributed by atoms with E-state index in [4.69, 9.17) is 0 Å². The minimum Gasteiger partial charge on any atom is -0.505 e. The molecule has 0 radical (unpaired) electrons. The standard InChI is InChI=1S/C20H18FN5O/c1-2-13-8-17(27)16(21)9-14(13)19-24-18(15-11-23-26-20(15)25-19)22-10-12-6-4-3-5-7-12/h3-9,11,27H,2,10H2,1H3,(H2,22,23,24,25,26). The minimum absolute atomic E-state index is 0.373. The molecule has 2 aromatic carbocycles. The molecular formula is C20H18FN5O. The molecule has 0 fully saturated rings. The number of hydrogen-bond acceptors (Lipinski definition) is 5.